The molecule has 1 saturated heterocycles. The van der Waals surface area contributed by atoms with Gasteiger partial charge in [-0.15, -0.1) is 11.3 Å². The smallest absolute Gasteiger partial charge is 0.223 e. The van der Waals surface area contributed by atoms with Gasteiger partial charge in [0.15, 0.2) is 0 Å². The van der Waals surface area contributed by atoms with Crippen LogP contribution in [-0.4, -0.2) is 60.4 Å². The van der Waals surface area contributed by atoms with Crippen LogP contribution in [0.1, 0.15) is 12.1 Å². The molecule has 0 aliphatic carbocycles. The van der Waals surface area contributed by atoms with E-state index in [1.54, 1.807) is 23.3 Å². The molecule has 7 heteroatoms. The van der Waals surface area contributed by atoms with E-state index in [1.165, 1.54) is 0 Å². The summed E-state index contributed by atoms with van der Waals surface area (Å²) in [5, 5.41) is 2.94. The summed E-state index contributed by atoms with van der Waals surface area (Å²) in [5.74, 6) is 0.931. The van der Waals surface area contributed by atoms with Crippen molar-refractivity contribution in [1.29, 1.82) is 0 Å². The number of methoxy groups -OCH3 is 1. The van der Waals surface area contributed by atoms with Crippen molar-refractivity contribution in [3.05, 3.63) is 35.3 Å². The van der Waals surface area contributed by atoms with Gasteiger partial charge in [-0.1, -0.05) is 12.1 Å². The number of benzene rings is 1. The molecule has 1 aromatic heterocycles. The number of aromatic nitrogens is 1. The maximum absolute atomic E-state index is 12.3. The molecule has 0 N–H and O–H groups in total. The Balaban J connectivity index is 1.55. The van der Waals surface area contributed by atoms with Gasteiger partial charge in [-0.2, -0.15) is 0 Å². The SMILES string of the molecule is COc1cccc(-c2nc(CCC(=O)N3CCN(C=O)CC3)cs2)c1. The summed E-state index contributed by atoms with van der Waals surface area (Å²) in [6.07, 6.45) is 1.92. The average Bonchev–Trinajstić information content (AvgIpc) is 3.15. The average molecular weight is 359 g/mol. The quantitative estimate of drug-likeness (QED) is 0.741. The fourth-order valence-electron chi connectivity index (χ4n) is 2.78. The van der Waals surface area contributed by atoms with Crippen LogP contribution in [0.2, 0.25) is 0 Å². The first-order chi connectivity index (χ1) is 12.2. The maximum atomic E-state index is 12.3. The van der Waals surface area contributed by atoms with Gasteiger partial charge < -0.3 is 14.5 Å². The Bertz CT molecular complexity index is 739. The van der Waals surface area contributed by atoms with E-state index in [1.807, 2.05) is 34.5 Å². The van der Waals surface area contributed by atoms with Crippen LogP contribution in [0.4, 0.5) is 0 Å². The highest BCUT2D eigenvalue weighted by Gasteiger charge is 2.20. The number of nitrogens with zero attached hydrogens (tertiary/aromatic N) is 3. The number of ether oxygens (including phenoxy) is 1. The predicted octanol–water partition coefficient (Wildman–Crippen LogP) is 2.05. The molecule has 0 bridgehead atoms. The van der Waals surface area contributed by atoms with Crippen LogP contribution in [0, 0.1) is 0 Å². The summed E-state index contributed by atoms with van der Waals surface area (Å²) in [4.78, 5) is 31.2. The Labute approximate surface area is 151 Å². The lowest BCUT2D eigenvalue weighted by Crippen LogP contribution is -2.48. The van der Waals surface area contributed by atoms with Crippen molar-refractivity contribution in [1.82, 2.24) is 14.8 Å². The molecule has 0 radical (unpaired) electrons. The molecule has 1 aromatic carbocycles. The minimum absolute atomic E-state index is 0.126. The number of thiazole rings is 1. The third kappa shape index (κ3) is 4.36. The number of piperazine rings is 1. The molecule has 2 heterocycles. The van der Waals surface area contributed by atoms with Crippen molar-refractivity contribution in [2.24, 2.45) is 0 Å². The van der Waals surface area contributed by atoms with Crippen LogP contribution in [0.25, 0.3) is 10.6 Å². The summed E-state index contributed by atoms with van der Waals surface area (Å²) in [6.45, 7) is 2.46. The summed E-state index contributed by atoms with van der Waals surface area (Å²) >= 11 is 1.58. The van der Waals surface area contributed by atoms with Gasteiger partial charge in [0.1, 0.15) is 10.8 Å². The molecule has 25 heavy (non-hydrogen) atoms. The Morgan fingerprint density at radius 2 is 2.12 bits per heavy atom. The van der Waals surface area contributed by atoms with Crippen molar-refractivity contribution < 1.29 is 14.3 Å². The lowest BCUT2D eigenvalue weighted by atomic mass is 10.2. The topological polar surface area (TPSA) is 62.7 Å². The van der Waals surface area contributed by atoms with Crippen molar-refractivity contribution in [3.8, 4) is 16.3 Å². The zero-order valence-corrected chi connectivity index (χ0v) is 15.0. The van der Waals surface area contributed by atoms with Crippen molar-refractivity contribution >= 4 is 23.7 Å². The molecule has 3 rings (SSSR count). The number of rotatable bonds is 6. The number of aryl methyl sites for hydroxylation is 1. The highest BCUT2D eigenvalue weighted by molar-refractivity contribution is 7.13. The third-order valence-corrected chi connectivity index (χ3v) is 5.22. The number of hydrogen-bond acceptors (Lipinski definition) is 5. The van der Waals surface area contributed by atoms with E-state index in [-0.39, 0.29) is 5.91 Å². The third-order valence-electron chi connectivity index (χ3n) is 4.28. The monoisotopic (exact) mass is 359 g/mol. The second kappa shape index (κ2) is 8.11. The van der Waals surface area contributed by atoms with Gasteiger partial charge in [-0.25, -0.2) is 4.98 Å². The van der Waals surface area contributed by atoms with Crippen LogP contribution in [0.3, 0.4) is 0 Å². The highest BCUT2D eigenvalue weighted by Crippen LogP contribution is 2.27. The zero-order valence-electron chi connectivity index (χ0n) is 14.2. The Morgan fingerprint density at radius 1 is 1.32 bits per heavy atom. The van der Waals surface area contributed by atoms with E-state index in [4.69, 9.17) is 4.74 Å². The van der Waals surface area contributed by atoms with Crippen molar-refractivity contribution in [3.63, 3.8) is 0 Å². The molecule has 1 aliphatic heterocycles. The first-order valence-electron chi connectivity index (χ1n) is 8.25. The van der Waals surface area contributed by atoms with E-state index < -0.39 is 0 Å². The fraction of sp³-hybridized carbons (Fsp3) is 0.389. The molecule has 0 saturated carbocycles. The van der Waals surface area contributed by atoms with Crippen LogP contribution in [0.5, 0.6) is 5.75 Å². The van der Waals surface area contributed by atoms with Gasteiger partial charge in [0.25, 0.3) is 0 Å². The first kappa shape index (κ1) is 17.4. The molecule has 0 atom stereocenters. The molecular formula is C18H21N3O3S. The fourth-order valence-corrected chi connectivity index (χ4v) is 3.63. The number of hydrogen-bond donors (Lipinski definition) is 0. The summed E-state index contributed by atoms with van der Waals surface area (Å²) < 4.78 is 5.25. The van der Waals surface area contributed by atoms with Gasteiger partial charge in [0.2, 0.25) is 12.3 Å². The molecule has 1 fully saturated rings. The second-order valence-corrected chi connectivity index (χ2v) is 6.76. The van der Waals surface area contributed by atoms with E-state index >= 15 is 0 Å². The number of amides is 2. The standard InChI is InChI=1S/C18H21N3O3S/c1-24-16-4-2-3-14(11-16)18-19-15(12-25-18)5-6-17(23)21-9-7-20(13-22)8-10-21/h2-4,11-13H,5-10H2,1H3. The lowest BCUT2D eigenvalue weighted by molar-refractivity contribution is -0.135. The van der Waals surface area contributed by atoms with Crippen molar-refractivity contribution in [2.75, 3.05) is 33.3 Å². The maximum Gasteiger partial charge on any atom is 0.223 e. The summed E-state index contributed by atoms with van der Waals surface area (Å²) in [6, 6.07) is 7.81. The highest BCUT2D eigenvalue weighted by atomic mass is 32.1. The summed E-state index contributed by atoms with van der Waals surface area (Å²) in [5.41, 5.74) is 1.95. The number of carbonyl (C=O) groups excluding carboxylic acids is 2. The normalized spacial score (nSPS) is 14.4. The van der Waals surface area contributed by atoms with Gasteiger partial charge in [0, 0.05) is 43.5 Å². The predicted molar refractivity (Wildman–Crippen MR) is 96.6 cm³/mol. The van der Waals surface area contributed by atoms with Crippen LogP contribution in [0.15, 0.2) is 29.6 Å². The first-order valence-corrected chi connectivity index (χ1v) is 9.13. The van der Waals surface area contributed by atoms with Gasteiger partial charge in [-0.3, -0.25) is 9.59 Å². The minimum Gasteiger partial charge on any atom is -0.497 e. The Hall–Kier alpha value is -2.41. The molecule has 0 unspecified atom stereocenters. The molecule has 132 valence electrons. The Morgan fingerprint density at radius 3 is 2.84 bits per heavy atom. The molecule has 1 aliphatic rings. The minimum atomic E-state index is 0.126. The Kier molecular flexibility index (Phi) is 5.65. The van der Waals surface area contributed by atoms with Crippen LogP contribution in [-0.2, 0) is 16.0 Å². The lowest BCUT2D eigenvalue weighted by Gasteiger charge is -2.32. The second-order valence-electron chi connectivity index (χ2n) is 5.90. The van der Waals surface area contributed by atoms with Gasteiger partial charge in [0.05, 0.1) is 12.8 Å². The largest absolute Gasteiger partial charge is 0.497 e. The zero-order chi connectivity index (χ0) is 17.6. The van der Waals surface area contributed by atoms with Gasteiger partial charge in [-0.05, 0) is 18.6 Å². The molecule has 0 spiro atoms. The van der Waals surface area contributed by atoms with E-state index in [0.29, 0.717) is 39.0 Å². The molecule has 2 amide bonds. The van der Waals surface area contributed by atoms with Gasteiger partial charge >= 0.3 is 0 Å². The van der Waals surface area contributed by atoms with Crippen LogP contribution >= 0.6 is 11.3 Å². The van der Waals surface area contributed by atoms with Crippen LogP contribution < -0.4 is 4.74 Å². The summed E-state index contributed by atoms with van der Waals surface area (Å²) in [7, 11) is 1.65. The molecule has 2 aromatic rings. The van der Waals surface area contributed by atoms with E-state index in [9.17, 15) is 9.59 Å². The molecule has 6 nitrogen and oxygen atoms in total. The van der Waals surface area contributed by atoms with E-state index in [0.717, 1.165) is 28.4 Å². The van der Waals surface area contributed by atoms with Crippen molar-refractivity contribution in [2.45, 2.75) is 12.8 Å². The van der Waals surface area contributed by atoms with E-state index in [2.05, 4.69) is 4.98 Å². The molecular weight excluding hydrogens is 338 g/mol. The number of carbonyl (C=O) groups is 2.